The number of nitrogens with one attached hydrogen (secondary N) is 1. The summed E-state index contributed by atoms with van der Waals surface area (Å²) in [6, 6.07) is 5.96. The number of carboxylic acid groups (broad SMARTS) is 1. The maximum absolute atomic E-state index is 11.9. The molecule has 1 amide bonds. The van der Waals surface area contributed by atoms with E-state index in [1.807, 2.05) is 0 Å². The number of anilines is 1. The molecule has 92 valence electrons. The standard InChI is InChI=1S/C11H10N4O3/c1-15-11(12-6-13-15)14-9(16)7-4-2-3-5-8(7)10(17)18/h2-6H,1H3,(H,17,18)(H,12,13,14,16). The molecule has 0 atom stereocenters. The Hall–Kier alpha value is -2.70. The largest absolute Gasteiger partial charge is 0.478 e. The molecule has 0 aliphatic heterocycles. The monoisotopic (exact) mass is 246 g/mol. The van der Waals surface area contributed by atoms with Gasteiger partial charge in [-0.1, -0.05) is 12.1 Å². The van der Waals surface area contributed by atoms with Crippen LogP contribution in [0.2, 0.25) is 0 Å². The summed E-state index contributed by atoms with van der Waals surface area (Å²) >= 11 is 0. The summed E-state index contributed by atoms with van der Waals surface area (Å²) in [5, 5.41) is 15.3. The van der Waals surface area contributed by atoms with Crippen LogP contribution in [0.25, 0.3) is 0 Å². The predicted molar refractivity (Wildman–Crippen MR) is 62.4 cm³/mol. The van der Waals surface area contributed by atoms with Crippen LogP contribution >= 0.6 is 0 Å². The van der Waals surface area contributed by atoms with Gasteiger partial charge in [0.25, 0.3) is 5.91 Å². The van der Waals surface area contributed by atoms with Crippen molar-refractivity contribution in [2.45, 2.75) is 0 Å². The first-order valence-electron chi connectivity index (χ1n) is 5.07. The summed E-state index contributed by atoms with van der Waals surface area (Å²) in [7, 11) is 1.62. The second-order valence-corrected chi connectivity index (χ2v) is 3.51. The third-order valence-corrected chi connectivity index (χ3v) is 2.34. The number of hydrogen-bond acceptors (Lipinski definition) is 4. The molecule has 0 saturated carbocycles. The smallest absolute Gasteiger partial charge is 0.336 e. The lowest BCUT2D eigenvalue weighted by Crippen LogP contribution is -2.18. The number of aryl methyl sites for hydroxylation is 1. The molecular formula is C11H10N4O3. The Bertz CT molecular complexity index is 606. The van der Waals surface area contributed by atoms with Crippen LogP contribution < -0.4 is 5.32 Å². The minimum absolute atomic E-state index is 0.0582. The van der Waals surface area contributed by atoms with E-state index in [0.717, 1.165) is 0 Å². The Morgan fingerprint density at radius 1 is 1.28 bits per heavy atom. The number of amides is 1. The maximum Gasteiger partial charge on any atom is 0.336 e. The average Bonchev–Trinajstić information content (AvgIpc) is 2.75. The fourth-order valence-corrected chi connectivity index (χ4v) is 1.45. The first kappa shape index (κ1) is 11.8. The van der Waals surface area contributed by atoms with Gasteiger partial charge < -0.3 is 5.11 Å². The zero-order valence-electron chi connectivity index (χ0n) is 9.49. The Labute approximate surface area is 102 Å². The van der Waals surface area contributed by atoms with E-state index in [2.05, 4.69) is 15.4 Å². The van der Waals surface area contributed by atoms with Crippen molar-refractivity contribution in [3.8, 4) is 0 Å². The van der Waals surface area contributed by atoms with Gasteiger partial charge in [-0.25, -0.2) is 9.48 Å². The maximum atomic E-state index is 11.9. The number of nitrogens with zero attached hydrogens (tertiary/aromatic N) is 3. The van der Waals surface area contributed by atoms with Crippen LogP contribution in [0.3, 0.4) is 0 Å². The number of carbonyl (C=O) groups excluding carboxylic acids is 1. The van der Waals surface area contributed by atoms with E-state index >= 15 is 0 Å². The van der Waals surface area contributed by atoms with Crippen LogP contribution in [0, 0.1) is 0 Å². The van der Waals surface area contributed by atoms with Gasteiger partial charge in [-0.05, 0) is 12.1 Å². The molecule has 0 fully saturated rings. The van der Waals surface area contributed by atoms with Gasteiger partial charge in [0.15, 0.2) is 0 Å². The van der Waals surface area contributed by atoms with Crippen molar-refractivity contribution < 1.29 is 14.7 Å². The van der Waals surface area contributed by atoms with Crippen molar-refractivity contribution in [3.05, 3.63) is 41.7 Å². The average molecular weight is 246 g/mol. The predicted octanol–water partition coefficient (Wildman–Crippen LogP) is 0.766. The highest BCUT2D eigenvalue weighted by Crippen LogP contribution is 2.11. The molecule has 0 bridgehead atoms. The minimum Gasteiger partial charge on any atom is -0.478 e. The molecule has 2 rings (SSSR count). The number of aromatic carboxylic acids is 1. The highest BCUT2D eigenvalue weighted by Gasteiger charge is 2.16. The van der Waals surface area contributed by atoms with Crippen LogP contribution in [0.5, 0.6) is 0 Å². The topological polar surface area (TPSA) is 97.1 Å². The number of rotatable bonds is 3. The molecule has 2 N–H and O–H groups in total. The van der Waals surface area contributed by atoms with E-state index in [9.17, 15) is 9.59 Å². The molecule has 7 heteroatoms. The molecule has 18 heavy (non-hydrogen) atoms. The number of aromatic nitrogens is 3. The van der Waals surface area contributed by atoms with Gasteiger partial charge in [0.05, 0.1) is 11.1 Å². The molecule has 0 unspecified atom stereocenters. The van der Waals surface area contributed by atoms with Crippen molar-refractivity contribution in [1.29, 1.82) is 0 Å². The molecule has 0 saturated heterocycles. The molecule has 2 aromatic rings. The number of hydrogen-bond donors (Lipinski definition) is 2. The molecule has 0 aliphatic carbocycles. The SMILES string of the molecule is Cn1ncnc1NC(=O)c1ccccc1C(=O)O. The molecule has 1 aromatic heterocycles. The van der Waals surface area contributed by atoms with Crippen molar-refractivity contribution in [2.24, 2.45) is 7.05 Å². The molecule has 1 aromatic carbocycles. The Morgan fingerprint density at radius 2 is 1.94 bits per heavy atom. The van der Waals surface area contributed by atoms with E-state index < -0.39 is 11.9 Å². The van der Waals surface area contributed by atoms with Crippen LogP contribution in [0.4, 0.5) is 5.95 Å². The van der Waals surface area contributed by atoms with Crippen LogP contribution in [0.15, 0.2) is 30.6 Å². The molecular weight excluding hydrogens is 236 g/mol. The third kappa shape index (κ3) is 2.19. The van der Waals surface area contributed by atoms with Gasteiger partial charge in [-0.15, -0.1) is 0 Å². The third-order valence-electron chi connectivity index (χ3n) is 2.34. The lowest BCUT2D eigenvalue weighted by atomic mass is 10.1. The number of carboxylic acids is 1. The number of carbonyl (C=O) groups is 2. The minimum atomic E-state index is -1.15. The highest BCUT2D eigenvalue weighted by molar-refractivity contribution is 6.10. The zero-order chi connectivity index (χ0) is 13.1. The van der Waals surface area contributed by atoms with Crippen molar-refractivity contribution in [3.63, 3.8) is 0 Å². The van der Waals surface area contributed by atoms with E-state index in [1.54, 1.807) is 19.2 Å². The molecule has 0 radical (unpaired) electrons. The summed E-state index contributed by atoms with van der Waals surface area (Å²) in [4.78, 5) is 26.7. The lowest BCUT2D eigenvalue weighted by molar-refractivity contribution is 0.0692. The van der Waals surface area contributed by atoms with Gasteiger partial charge >= 0.3 is 5.97 Å². The fourth-order valence-electron chi connectivity index (χ4n) is 1.45. The fraction of sp³-hybridized carbons (Fsp3) is 0.0909. The highest BCUT2D eigenvalue weighted by atomic mass is 16.4. The Kier molecular flexibility index (Phi) is 3.05. The zero-order valence-corrected chi connectivity index (χ0v) is 9.49. The van der Waals surface area contributed by atoms with E-state index in [1.165, 1.54) is 23.1 Å². The summed E-state index contributed by atoms with van der Waals surface area (Å²) in [5.41, 5.74) is 0.0187. The summed E-state index contributed by atoms with van der Waals surface area (Å²) in [6.07, 6.45) is 1.29. The van der Waals surface area contributed by atoms with Crippen molar-refractivity contribution >= 4 is 17.8 Å². The molecule has 7 nitrogen and oxygen atoms in total. The van der Waals surface area contributed by atoms with E-state index in [4.69, 9.17) is 5.11 Å². The summed E-state index contributed by atoms with van der Waals surface area (Å²) < 4.78 is 1.38. The molecule has 1 heterocycles. The quantitative estimate of drug-likeness (QED) is 0.833. The van der Waals surface area contributed by atoms with Crippen molar-refractivity contribution in [2.75, 3.05) is 5.32 Å². The van der Waals surface area contributed by atoms with Gasteiger partial charge in [0.1, 0.15) is 6.33 Å². The second kappa shape index (κ2) is 4.66. The van der Waals surface area contributed by atoms with Crippen LogP contribution in [-0.2, 0) is 7.05 Å². The number of benzene rings is 1. The van der Waals surface area contributed by atoms with E-state index in [0.29, 0.717) is 0 Å². The van der Waals surface area contributed by atoms with Gasteiger partial charge in [-0.3, -0.25) is 10.1 Å². The first-order valence-corrected chi connectivity index (χ1v) is 5.07. The molecule has 0 aliphatic rings. The normalized spacial score (nSPS) is 10.1. The summed E-state index contributed by atoms with van der Waals surface area (Å²) in [5.74, 6) is -1.44. The lowest BCUT2D eigenvalue weighted by Gasteiger charge is -2.06. The summed E-state index contributed by atoms with van der Waals surface area (Å²) in [6.45, 7) is 0. The molecule has 0 spiro atoms. The van der Waals surface area contributed by atoms with Crippen molar-refractivity contribution in [1.82, 2.24) is 14.8 Å². The van der Waals surface area contributed by atoms with Crippen LogP contribution in [-0.4, -0.2) is 31.7 Å². The Morgan fingerprint density at radius 3 is 2.50 bits per heavy atom. The van der Waals surface area contributed by atoms with E-state index in [-0.39, 0.29) is 17.1 Å². The Balaban J connectivity index is 2.30. The van der Waals surface area contributed by atoms with Gasteiger partial charge in [0, 0.05) is 7.05 Å². The van der Waals surface area contributed by atoms with Gasteiger partial charge in [0.2, 0.25) is 5.95 Å². The van der Waals surface area contributed by atoms with Crippen LogP contribution in [0.1, 0.15) is 20.7 Å². The second-order valence-electron chi connectivity index (χ2n) is 3.51. The first-order chi connectivity index (χ1) is 8.59. The van der Waals surface area contributed by atoms with Gasteiger partial charge in [-0.2, -0.15) is 10.1 Å².